The van der Waals surface area contributed by atoms with Crippen LogP contribution in [0.4, 0.5) is 10.1 Å². The number of halogens is 2. The Balaban J connectivity index is 2.16. The van der Waals surface area contributed by atoms with Gasteiger partial charge in [-0.2, -0.15) is 0 Å². The van der Waals surface area contributed by atoms with Crippen LogP contribution in [0.3, 0.4) is 0 Å². The van der Waals surface area contributed by atoms with E-state index >= 15 is 0 Å². The molecule has 0 aromatic heterocycles. The third kappa shape index (κ3) is 2.69. The summed E-state index contributed by atoms with van der Waals surface area (Å²) in [5.41, 5.74) is 1.09. The van der Waals surface area contributed by atoms with E-state index in [2.05, 4.69) is 26.1 Å². The number of rotatable bonds is 1. The summed E-state index contributed by atoms with van der Waals surface area (Å²) in [7, 11) is 0. The molecule has 1 saturated heterocycles. The highest BCUT2D eigenvalue weighted by Crippen LogP contribution is 2.23. The van der Waals surface area contributed by atoms with Crippen LogP contribution in [-0.2, 0) is 0 Å². The van der Waals surface area contributed by atoms with Gasteiger partial charge in [0.2, 0.25) is 0 Å². The molecular weight excluding hydrogens is 259 g/mol. The van der Waals surface area contributed by atoms with E-state index in [-0.39, 0.29) is 5.82 Å². The van der Waals surface area contributed by atoms with Crippen LogP contribution in [0.25, 0.3) is 0 Å². The zero-order chi connectivity index (χ0) is 10.7. The fraction of sp³-hybridized carbons (Fsp3) is 0.455. The van der Waals surface area contributed by atoms with Crippen LogP contribution in [-0.4, -0.2) is 26.2 Å². The zero-order valence-corrected chi connectivity index (χ0v) is 10.1. The van der Waals surface area contributed by atoms with Crippen molar-refractivity contribution >= 4 is 21.6 Å². The van der Waals surface area contributed by atoms with E-state index in [9.17, 15) is 4.39 Å². The van der Waals surface area contributed by atoms with Crippen LogP contribution in [0.5, 0.6) is 0 Å². The summed E-state index contributed by atoms with van der Waals surface area (Å²) in [6, 6.07) is 5.20. The second kappa shape index (κ2) is 4.94. The Hall–Kier alpha value is -0.610. The van der Waals surface area contributed by atoms with Crippen LogP contribution in [0, 0.1) is 5.82 Å². The van der Waals surface area contributed by atoms with Crippen LogP contribution in [0.15, 0.2) is 22.7 Å². The maximum absolute atomic E-state index is 13.1. The first-order chi connectivity index (χ1) is 7.27. The fourth-order valence-electron chi connectivity index (χ4n) is 1.79. The van der Waals surface area contributed by atoms with Gasteiger partial charge in [-0.25, -0.2) is 4.39 Å². The molecule has 1 aromatic carbocycles. The average Bonchev–Trinajstić information content (AvgIpc) is 2.50. The molecule has 0 spiro atoms. The Morgan fingerprint density at radius 1 is 1.27 bits per heavy atom. The van der Waals surface area contributed by atoms with Gasteiger partial charge in [0.05, 0.1) is 4.47 Å². The molecule has 0 amide bonds. The quantitative estimate of drug-likeness (QED) is 0.845. The van der Waals surface area contributed by atoms with E-state index in [1.807, 2.05) is 12.1 Å². The van der Waals surface area contributed by atoms with Crippen molar-refractivity contribution in [2.24, 2.45) is 0 Å². The molecule has 2 nitrogen and oxygen atoms in total. The average molecular weight is 273 g/mol. The van der Waals surface area contributed by atoms with Crippen LogP contribution >= 0.6 is 15.9 Å². The van der Waals surface area contributed by atoms with E-state index < -0.39 is 0 Å². The van der Waals surface area contributed by atoms with Gasteiger partial charge >= 0.3 is 0 Å². The van der Waals surface area contributed by atoms with Crippen molar-refractivity contribution in [3.05, 3.63) is 28.5 Å². The summed E-state index contributed by atoms with van der Waals surface area (Å²) in [5.74, 6) is -0.202. The highest BCUT2D eigenvalue weighted by Gasteiger charge is 2.10. The van der Waals surface area contributed by atoms with Crippen LogP contribution in [0.2, 0.25) is 0 Å². The number of hydrogen-bond donors (Lipinski definition) is 1. The molecule has 1 aliphatic rings. The Bertz CT molecular complexity index is 335. The minimum atomic E-state index is -0.202. The summed E-state index contributed by atoms with van der Waals surface area (Å²) in [5, 5.41) is 3.35. The summed E-state index contributed by atoms with van der Waals surface area (Å²) in [6.07, 6.45) is 1.13. The van der Waals surface area contributed by atoms with E-state index in [1.54, 1.807) is 0 Å². The predicted octanol–water partition coefficient (Wildman–Crippen LogP) is 2.39. The first-order valence-corrected chi connectivity index (χ1v) is 5.97. The Morgan fingerprint density at radius 3 is 2.93 bits per heavy atom. The minimum absolute atomic E-state index is 0.202. The molecule has 0 saturated carbocycles. The van der Waals surface area contributed by atoms with Crippen molar-refractivity contribution < 1.29 is 4.39 Å². The van der Waals surface area contributed by atoms with Gasteiger partial charge in [0.1, 0.15) is 5.82 Å². The topological polar surface area (TPSA) is 15.3 Å². The van der Waals surface area contributed by atoms with E-state index in [4.69, 9.17) is 0 Å². The molecule has 1 aromatic rings. The van der Waals surface area contributed by atoms with Gasteiger partial charge in [-0.1, -0.05) is 0 Å². The molecule has 1 N–H and O–H groups in total. The molecule has 2 rings (SSSR count). The second-order valence-corrected chi connectivity index (χ2v) is 4.54. The number of nitrogens with one attached hydrogen (secondary N) is 1. The van der Waals surface area contributed by atoms with Crippen molar-refractivity contribution in [2.75, 3.05) is 31.1 Å². The molecule has 0 unspecified atom stereocenters. The summed E-state index contributed by atoms with van der Waals surface area (Å²) in [6.45, 7) is 4.08. The van der Waals surface area contributed by atoms with E-state index in [1.165, 1.54) is 6.07 Å². The number of benzene rings is 1. The smallest absolute Gasteiger partial charge is 0.137 e. The van der Waals surface area contributed by atoms with Gasteiger partial charge in [0.25, 0.3) is 0 Å². The molecule has 0 radical (unpaired) electrons. The Labute approximate surface area is 97.6 Å². The predicted molar refractivity (Wildman–Crippen MR) is 63.8 cm³/mol. The highest BCUT2D eigenvalue weighted by molar-refractivity contribution is 9.10. The summed E-state index contributed by atoms with van der Waals surface area (Å²) < 4.78 is 13.6. The van der Waals surface area contributed by atoms with Crippen LogP contribution < -0.4 is 10.2 Å². The molecule has 1 aliphatic heterocycles. The van der Waals surface area contributed by atoms with Crippen molar-refractivity contribution in [2.45, 2.75) is 6.42 Å². The van der Waals surface area contributed by atoms with Gasteiger partial charge in [-0.05, 0) is 47.1 Å². The van der Waals surface area contributed by atoms with Crippen LogP contribution in [0.1, 0.15) is 6.42 Å². The second-order valence-electron chi connectivity index (χ2n) is 3.69. The summed E-state index contributed by atoms with van der Waals surface area (Å²) in [4.78, 5) is 2.28. The molecule has 82 valence electrons. The SMILES string of the molecule is Fc1ccc(N2CCCNCC2)cc1Br. The third-order valence-electron chi connectivity index (χ3n) is 2.61. The molecule has 1 heterocycles. The van der Waals surface area contributed by atoms with E-state index in [0.29, 0.717) is 4.47 Å². The molecule has 1 fully saturated rings. The standard InChI is InChI=1S/C11H14BrFN2/c12-10-8-9(2-3-11(10)13)15-6-1-4-14-5-7-15/h2-3,8,14H,1,4-7H2. The zero-order valence-electron chi connectivity index (χ0n) is 8.47. The van der Waals surface area contributed by atoms with Gasteiger partial charge in [-0.15, -0.1) is 0 Å². The van der Waals surface area contributed by atoms with E-state index in [0.717, 1.165) is 38.3 Å². The molecule has 4 heteroatoms. The number of anilines is 1. The molecular formula is C11H14BrFN2. The largest absolute Gasteiger partial charge is 0.370 e. The van der Waals surface area contributed by atoms with Gasteiger partial charge in [0.15, 0.2) is 0 Å². The summed E-state index contributed by atoms with van der Waals surface area (Å²) >= 11 is 3.21. The molecule has 15 heavy (non-hydrogen) atoms. The molecule has 0 aliphatic carbocycles. The first kappa shape index (κ1) is 10.9. The van der Waals surface area contributed by atoms with Gasteiger partial charge in [-0.3, -0.25) is 0 Å². The lowest BCUT2D eigenvalue weighted by molar-refractivity contribution is 0.620. The van der Waals surface area contributed by atoms with Gasteiger partial charge < -0.3 is 10.2 Å². The lowest BCUT2D eigenvalue weighted by Gasteiger charge is -2.22. The molecule has 0 bridgehead atoms. The minimum Gasteiger partial charge on any atom is -0.370 e. The molecule has 0 atom stereocenters. The van der Waals surface area contributed by atoms with Gasteiger partial charge in [0, 0.05) is 25.3 Å². The maximum Gasteiger partial charge on any atom is 0.137 e. The first-order valence-electron chi connectivity index (χ1n) is 5.18. The lowest BCUT2D eigenvalue weighted by Crippen LogP contribution is -2.27. The normalized spacial score (nSPS) is 17.6. The number of nitrogens with zero attached hydrogens (tertiary/aromatic N) is 1. The fourth-order valence-corrected chi connectivity index (χ4v) is 2.15. The monoisotopic (exact) mass is 272 g/mol. The van der Waals surface area contributed by atoms with Crippen molar-refractivity contribution in [3.8, 4) is 0 Å². The number of hydrogen-bond acceptors (Lipinski definition) is 2. The van der Waals surface area contributed by atoms with Crippen molar-refractivity contribution in [1.29, 1.82) is 0 Å². The highest BCUT2D eigenvalue weighted by atomic mass is 79.9. The Morgan fingerprint density at radius 2 is 2.13 bits per heavy atom. The third-order valence-corrected chi connectivity index (χ3v) is 3.22. The maximum atomic E-state index is 13.1. The lowest BCUT2D eigenvalue weighted by atomic mass is 10.2. The van der Waals surface area contributed by atoms with Crippen molar-refractivity contribution in [1.82, 2.24) is 5.32 Å². The van der Waals surface area contributed by atoms with Crippen molar-refractivity contribution in [3.63, 3.8) is 0 Å². The Kier molecular flexibility index (Phi) is 3.59.